The smallest absolute Gasteiger partial charge is 0.330 e. The molecule has 0 aromatic rings. The summed E-state index contributed by atoms with van der Waals surface area (Å²) >= 11 is 0. The molecule has 1 rings (SSSR count). The van der Waals surface area contributed by atoms with Crippen LogP contribution in [0.25, 0.3) is 0 Å². The van der Waals surface area contributed by atoms with Gasteiger partial charge in [0.2, 0.25) is 0 Å². The molecule has 0 aromatic heterocycles. The van der Waals surface area contributed by atoms with Crippen LogP contribution in [0.3, 0.4) is 0 Å². The van der Waals surface area contributed by atoms with E-state index in [2.05, 4.69) is 0 Å². The van der Waals surface area contributed by atoms with Crippen LogP contribution in [0.1, 0.15) is 6.92 Å². The first-order valence-electron chi connectivity index (χ1n) is 4.56. The third-order valence-electron chi connectivity index (χ3n) is 1.56. The first kappa shape index (κ1) is 10.9. The van der Waals surface area contributed by atoms with Crippen LogP contribution in [-0.2, 0) is 19.0 Å². The number of carbonyl (C=O) groups excluding carboxylic acids is 1. The van der Waals surface area contributed by atoms with Gasteiger partial charge in [-0.05, 0) is 13.0 Å². The Bertz CT molecular complexity index is 222. The topological polar surface area (TPSA) is 44.8 Å². The minimum absolute atomic E-state index is 0.372. The molecule has 0 spiro atoms. The minimum atomic E-state index is -0.464. The Kier molecular flexibility index (Phi) is 4.96. The van der Waals surface area contributed by atoms with Crippen molar-refractivity contribution in [3.8, 4) is 0 Å². The molecule has 0 N–H and O–H groups in total. The van der Waals surface area contributed by atoms with E-state index in [1.807, 2.05) is 12.2 Å². The van der Waals surface area contributed by atoms with E-state index in [9.17, 15) is 4.79 Å². The predicted octanol–water partition coefficient (Wildman–Crippen LogP) is 1.03. The molecule has 78 valence electrons. The zero-order valence-corrected chi connectivity index (χ0v) is 8.14. The summed E-state index contributed by atoms with van der Waals surface area (Å²) < 4.78 is 15.2. The van der Waals surface area contributed by atoms with Crippen LogP contribution in [0.2, 0.25) is 0 Å². The van der Waals surface area contributed by atoms with Gasteiger partial charge < -0.3 is 14.2 Å². The molecule has 0 atom stereocenters. The molecule has 0 aliphatic carbocycles. The predicted molar refractivity (Wildman–Crippen MR) is 50.6 cm³/mol. The lowest BCUT2D eigenvalue weighted by Crippen LogP contribution is -2.13. The van der Waals surface area contributed by atoms with E-state index >= 15 is 0 Å². The Morgan fingerprint density at radius 2 is 2.14 bits per heavy atom. The van der Waals surface area contributed by atoms with Gasteiger partial charge in [0.25, 0.3) is 0 Å². The molecule has 4 nitrogen and oxygen atoms in total. The van der Waals surface area contributed by atoms with Crippen molar-refractivity contribution in [3.63, 3.8) is 0 Å². The largest absolute Gasteiger partial charge is 0.463 e. The Labute approximate surface area is 83.1 Å². The number of carbonyl (C=O) groups is 1. The molecule has 0 aromatic carbocycles. The highest BCUT2D eigenvalue weighted by Crippen LogP contribution is 2.02. The number of hydrogen-bond acceptors (Lipinski definition) is 4. The van der Waals surface area contributed by atoms with E-state index in [1.54, 1.807) is 13.0 Å². The van der Waals surface area contributed by atoms with Crippen LogP contribution >= 0.6 is 0 Å². The summed E-state index contributed by atoms with van der Waals surface area (Å²) in [6.07, 6.45) is 6.15. The van der Waals surface area contributed by atoms with E-state index in [4.69, 9.17) is 14.2 Å². The van der Waals surface area contributed by atoms with Crippen LogP contribution in [0.15, 0.2) is 24.3 Å². The fraction of sp³-hybridized carbons (Fsp3) is 0.500. The normalized spacial score (nSPS) is 18.4. The Morgan fingerprint density at radius 1 is 1.50 bits per heavy atom. The van der Waals surface area contributed by atoms with E-state index in [-0.39, 0.29) is 5.97 Å². The zero-order chi connectivity index (χ0) is 10.2. The monoisotopic (exact) mass is 198 g/mol. The van der Waals surface area contributed by atoms with Gasteiger partial charge >= 0.3 is 5.97 Å². The Morgan fingerprint density at radius 3 is 2.71 bits per heavy atom. The van der Waals surface area contributed by atoms with Gasteiger partial charge in [0.15, 0.2) is 6.29 Å². The molecule has 0 bridgehead atoms. The highest BCUT2D eigenvalue weighted by atomic mass is 16.7. The van der Waals surface area contributed by atoms with E-state index in [0.717, 1.165) is 0 Å². The van der Waals surface area contributed by atoms with Crippen molar-refractivity contribution < 1.29 is 19.0 Å². The average Bonchev–Trinajstić information content (AvgIpc) is 2.43. The summed E-state index contributed by atoms with van der Waals surface area (Å²) in [5.74, 6) is -0.378. The maximum absolute atomic E-state index is 10.9. The summed E-state index contributed by atoms with van der Waals surface area (Å²) in [4.78, 5) is 10.9. The highest BCUT2D eigenvalue weighted by molar-refractivity contribution is 5.81. The molecule has 0 radical (unpaired) electrons. The SMILES string of the molecule is CCOC(=O)/C=C/C1OCC=CCO1. The molecule has 4 heteroatoms. The lowest BCUT2D eigenvalue weighted by molar-refractivity contribution is -0.137. The summed E-state index contributed by atoms with van der Waals surface area (Å²) in [6.45, 7) is 3.13. The Hall–Kier alpha value is -1.13. The van der Waals surface area contributed by atoms with E-state index < -0.39 is 6.29 Å². The number of rotatable bonds is 3. The molecule has 0 fully saturated rings. The quantitative estimate of drug-likeness (QED) is 0.386. The lowest BCUT2D eigenvalue weighted by atomic mass is 10.5. The van der Waals surface area contributed by atoms with Crippen LogP contribution in [0, 0.1) is 0 Å². The van der Waals surface area contributed by atoms with Crippen molar-refractivity contribution in [2.24, 2.45) is 0 Å². The standard InChI is InChI=1S/C10H14O4/c1-2-12-9(11)5-6-10-13-7-3-4-8-14-10/h3-6,10H,2,7-8H2,1H3/b6-5+. The van der Waals surface area contributed by atoms with Gasteiger partial charge in [-0.2, -0.15) is 0 Å². The molecule has 14 heavy (non-hydrogen) atoms. The van der Waals surface area contributed by atoms with Gasteiger partial charge in [0.05, 0.1) is 19.8 Å². The third kappa shape index (κ3) is 4.20. The van der Waals surface area contributed by atoms with Crippen molar-refractivity contribution in [2.75, 3.05) is 19.8 Å². The second-order valence-electron chi connectivity index (χ2n) is 2.62. The van der Waals surface area contributed by atoms with Gasteiger partial charge in [-0.3, -0.25) is 0 Å². The molecule has 1 aliphatic heterocycles. The molecule has 0 unspecified atom stereocenters. The summed E-state index contributed by atoms with van der Waals surface area (Å²) in [6, 6.07) is 0. The summed E-state index contributed by atoms with van der Waals surface area (Å²) in [7, 11) is 0. The fourth-order valence-corrected chi connectivity index (χ4v) is 0.944. The van der Waals surface area contributed by atoms with Crippen LogP contribution in [-0.4, -0.2) is 32.1 Å². The van der Waals surface area contributed by atoms with Gasteiger partial charge in [0, 0.05) is 6.08 Å². The summed E-state index contributed by atoms with van der Waals surface area (Å²) in [5, 5.41) is 0. The second-order valence-corrected chi connectivity index (χ2v) is 2.62. The Balaban J connectivity index is 2.31. The van der Waals surface area contributed by atoms with Crippen LogP contribution in [0.4, 0.5) is 0 Å². The second kappa shape index (κ2) is 6.34. The molecule has 0 saturated carbocycles. The van der Waals surface area contributed by atoms with Gasteiger partial charge in [-0.1, -0.05) is 12.2 Å². The molecule has 1 aliphatic rings. The van der Waals surface area contributed by atoms with E-state index in [1.165, 1.54) is 6.08 Å². The van der Waals surface area contributed by atoms with Crippen molar-refractivity contribution in [2.45, 2.75) is 13.2 Å². The first-order valence-corrected chi connectivity index (χ1v) is 4.56. The van der Waals surface area contributed by atoms with Gasteiger partial charge in [-0.25, -0.2) is 4.79 Å². The van der Waals surface area contributed by atoms with Crippen molar-refractivity contribution in [1.82, 2.24) is 0 Å². The van der Waals surface area contributed by atoms with Crippen molar-refractivity contribution >= 4 is 5.97 Å². The first-order chi connectivity index (χ1) is 6.83. The minimum Gasteiger partial charge on any atom is -0.463 e. The lowest BCUT2D eigenvalue weighted by Gasteiger charge is -2.09. The summed E-state index contributed by atoms with van der Waals surface area (Å²) in [5.41, 5.74) is 0. The number of hydrogen-bond donors (Lipinski definition) is 0. The van der Waals surface area contributed by atoms with Crippen molar-refractivity contribution in [3.05, 3.63) is 24.3 Å². The molecular weight excluding hydrogens is 184 g/mol. The molecular formula is C10H14O4. The van der Waals surface area contributed by atoms with Gasteiger partial charge in [-0.15, -0.1) is 0 Å². The fourth-order valence-electron chi connectivity index (χ4n) is 0.944. The van der Waals surface area contributed by atoms with E-state index in [0.29, 0.717) is 19.8 Å². The van der Waals surface area contributed by atoms with Crippen LogP contribution < -0.4 is 0 Å². The number of ether oxygens (including phenoxy) is 3. The maximum atomic E-state index is 10.9. The molecule has 0 saturated heterocycles. The number of esters is 1. The molecule has 1 heterocycles. The van der Waals surface area contributed by atoms with Crippen LogP contribution in [0.5, 0.6) is 0 Å². The zero-order valence-electron chi connectivity index (χ0n) is 8.14. The average molecular weight is 198 g/mol. The third-order valence-corrected chi connectivity index (χ3v) is 1.56. The van der Waals surface area contributed by atoms with Crippen molar-refractivity contribution in [1.29, 1.82) is 0 Å². The molecule has 0 amide bonds. The highest BCUT2D eigenvalue weighted by Gasteiger charge is 2.06. The maximum Gasteiger partial charge on any atom is 0.330 e. The van der Waals surface area contributed by atoms with Gasteiger partial charge in [0.1, 0.15) is 0 Å².